The van der Waals surface area contributed by atoms with E-state index in [9.17, 15) is 0 Å². The molecule has 0 aromatic heterocycles. The van der Waals surface area contributed by atoms with Gasteiger partial charge in [-0.3, -0.25) is 0 Å². The van der Waals surface area contributed by atoms with Crippen molar-refractivity contribution in [3.8, 4) is 5.75 Å². The third-order valence-corrected chi connectivity index (χ3v) is 1.68. The van der Waals surface area contributed by atoms with Crippen molar-refractivity contribution in [2.75, 3.05) is 6.54 Å². The van der Waals surface area contributed by atoms with Crippen LogP contribution in [0.5, 0.6) is 5.75 Å². The standard InChI is InChI=1S/C9H13N5O/c10-5-8(13-14-9(11)12)6-1-3-7(15)4-2-6/h1-4,15H,5,10H2,(H4,11,12,14)/b13-8+. The van der Waals surface area contributed by atoms with Crippen molar-refractivity contribution in [2.45, 2.75) is 0 Å². The number of hydrogen-bond donors (Lipinski definition) is 4. The fourth-order valence-electron chi connectivity index (χ4n) is 0.988. The highest BCUT2D eigenvalue weighted by Gasteiger charge is 2.00. The highest BCUT2D eigenvalue weighted by molar-refractivity contribution is 6.02. The lowest BCUT2D eigenvalue weighted by molar-refractivity contribution is 0.475. The summed E-state index contributed by atoms with van der Waals surface area (Å²) in [7, 11) is 0. The second-order valence-electron chi connectivity index (χ2n) is 2.82. The Hall–Kier alpha value is -2.08. The number of rotatable bonds is 3. The molecule has 0 heterocycles. The van der Waals surface area contributed by atoms with Gasteiger partial charge in [0.2, 0.25) is 5.96 Å². The van der Waals surface area contributed by atoms with Crippen LogP contribution in [0.15, 0.2) is 34.5 Å². The second-order valence-corrected chi connectivity index (χ2v) is 2.82. The van der Waals surface area contributed by atoms with E-state index < -0.39 is 0 Å². The molecule has 0 unspecified atom stereocenters. The summed E-state index contributed by atoms with van der Waals surface area (Å²) in [6.07, 6.45) is 0. The Morgan fingerprint density at radius 1 is 1.13 bits per heavy atom. The van der Waals surface area contributed by atoms with E-state index in [0.717, 1.165) is 5.56 Å². The SMILES string of the molecule is NC/C(=N\N=C(N)N)c1ccc(O)cc1. The Kier molecular flexibility index (Phi) is 3.64. The number of guanidine groups is 1. The number of hydrogen-bond acceptors (Lipinski definition) is 4. The normalized spacial score (nSPS) is 11.1. The minimum absolute atomic E-state index is 0.125. The number of nitrogens with two attached hydrogens (primary N) is 3. The van der Waals surface area contributed by atoms with Gasteiger partial charge in [-0.1, -0.05) is 0 Å². The molecular weight excluding hydrogens is 194 g/mol. The van der Waals surface area contributed by atoms with Crippen LogP contribution in [-0.4, -0.2) is 23.3 Å². The molecule has 0 aliphatic carbocycles. The van der Waals surface area contributed by atoms with Crippen molar-refractivity contribution in [3.05, 3.63) is 29.8 Å². The topological polar surface area (TPSA) is 123 Å². The summed E-state index contributed by atoms with van der Waals surface area (Å²) in [5.41, 5.74) is 17.1. The minimum atomic E-state index is -0.125. The van der Waals surface area contributed by atoms with Crippen LogP contribution in [-0.2, 0) is 0 Å². The first-order valence-electron chi connectivity index (χ1n) is 4.28. The number of aromatic hydroxyl groups is 1. The van der Waals surface area contributed by atoms with E-state index in [0.29, 0.717) is 5.71 Å². The van der Waals surface area contributed by atoms with Gasteiger partial charge in [0.25, 0.3) is 0 Å². The molecule has 0 fully saturated rings. The molecule has 15 heavy (non-hydrogen) atoms. The summed E-state index contributed by atoms with van der Waals surface area (Å²) in [5, 5.41) is 16.4. The lowest BCUT2D eigenvalue weighted by Gasteiger charge is -2.01. The molecule has 0 radical (unpaired) electrons. The van der Waals surface area contributed by atoms with Gasteiger partial charge < -0.3 is 22.3 Å². The summed E-state index contributed by atoms with van der Waals surface area (Å²) in [4.78, 5) is 0. The van der Waals surface area contributed by atoms with Gasteiger partial charge in [-0.2, -0.15) is 5.10 Å². The van der Waals surface area contributed by atoms with Crippen molar-refractivity contribution < 1.29 is 5.11 Å². The zero-order valence-corrected chi connectivity index (χ0v) is 8.09. The molecule has 0 aliphatic heterocycles. The zero-order chi connectivity index (χ0) is 11.3. The van der Waals surface area contributed by atoms with Gasteiger partial charge in [0.15, 0.2) is 0 Å². The maximum atomic E-state index is 9.09. The summed E-state index contributed by atoms with van der Waals surface area (Å²) in [6, 6.07) is 6.44. The fraction of sp³-hybridized carbons (Fsp3) is 0.111. The summed E-state index contributed by atoms with van der Waals surface area (Å²) in [5.74, 6) is 0.0525. The van der Waals surface area contributed by atoms with Gasteiger partial charge in [-0.25, -0.2) is 0 Å². The van der Waals surface area contributed by atoms with Crippen LogP contribution in [0.25, 0.3) is 0 Å². The molecule has 80 valence electrons. The highest BCUT2D eigenvalue weighted by Crippen LogP contribution is 2.10. The molecule has 0 spiro atoms. The predicted octanol–water partition coefficient (Wildman–Crippen LogP) is -0.672. The van der Waals surface area contributed by atoms with Crippen LogP contribution in [0.4, 0.5) is 0 Å². The van der Waals surface area contributed by atoms with Gasteiger partial charge in [-0.05, 0) is 29.8 Å². The zero-order valence-electron chi connectivity index (χ0n) is 8.09. The van der Waals surface area contributed by atoms with E-state index in [4.69, 9.17) is 22.3 Å². The van der Waals surface area contributed by atoms with Gasteiger partial charge in [0.05, 0.1) is 5.71 Å². The van der Waals surface area contributed by atoms with E-state index >= 15 is 0 Å². The van der Waals surface area contributed by atoms with E-state index in [1.807, 2.05) is 0 Å². The van der Waals surface area contributed by atoms with E-state index in [-0.39, 0.29) is 18.3 Å². The minimum Gasteiger partial charge on any atom is -0.508 e. The molecule has 6 nitrogen and oxygen atoms in total. The summed E-state index contributed by atoms with van der Waals surface area (Å²) >= 11 is 0. The molecule has 1 aromatic carbocycles. The van der Waals surface area contributed by atoms with E-state index in [1.165, 1.54) is 12.1 Å². The van der Waals surface area contributed by atoms with Crippen molar-refractivity contribution in [1.82, 2.24) is 0 Å². The Balaban J connectivity index is 2.97. The maximum Gasteiger partial charge on any atom is 0.211 e. The van der Waals surface area contributed by atoms with Crippen LogP contribution in [0.3, 0.4) is 0 Å². The third kappa shape index (κ3) is 3.28. The Bertz CT molecular complexity index is 378. The summed E-state index contributed by atoms with van der Waals surface area (Å²) < 4.78 is 0. The van der Waals surface area contributed by atoms with Crippen molar-refractivity contribution in [3.63, 3.8) is 0 Å². The quantitative estimate of drug-likeness (QED) is 0.298. The third-order valence-electron chi connectivity index (χ3n) is 1.68. The van der Waals surface area contributed by atoms with Crippen molar-refractivity contribution >= 4 is 11.7 Å². The first-order chi connectivity index (χ1) is 7.13. The molecule has 0 saturated carbocycles. The van der Waals surface area contributed by atoms with Gasteiger partial charge >= 0.3 is 0 Å². The first kappa shape index (κ1) is 11.0. The van der Waals surface area contributed by atoms with Gasteiger partial charge in [0, 0.05) is 6.54 Å². The average molecular weight is 207 g/mol. The maximum absolute atomic E-state index is 9.09. The predicted molar refractivity (Wildman–Crippen MR) is 59.5 cm³/mol. The smallest absolute Gasteiger partial charge is 0.211 e. The molecule has 6 heteroatoms. The molecule has 0 atom stereocenters. The largest absolute Gasteiger partial charge is 0.508 e. The van der Waals surface area contributed by atoms with Crippen LogP contribution < -0.4 is 17.2 Å². The first-order valence-corrected chi connectivity index (χ1v) is 4.28. The second kappa shape index (κ2) is 4.97. The van der Waals surface area contributed by atoms with Crippen LogP contribution in [0, 0.1) is 0 Å². The van der Waals surface area contributed by atoms with Crippen molar-refractivity contribution in [2.24, 2.45) is 27.4 Å². The van der Waals surface area contributed by atoms with Crippen molar-refractivity contribution in [1.29, 1.82) is 0 Å². The molecular formula is C9H13N5O. The van der Waals surface area contributed by atoms with E-state index in [1.54, 1.807) is 12.1 Å². The molecule has 0 aliphatic rings. The van der Waals surface area contributed by atoms with Crippen LogP contribution >= 0.6 is 0 Å². The lowest BCUT2D eigenvalue weighted by Crippen LogP contribution is -2.22. The fourth-order valence-corrected chi connectivity index (χ4v) is 0.988. The monoisotopic (exact) mass is 207 g/mol. The van der Waals surface area contributed by atoms with Crippen LogP contribution in [0.1, 0.15) is 5.56 Å². The molecule has 1 aromatic rings. The number of phenols is 1. The molecule has 0 amide bonds. The molecule has 1 rings (SSSR count). The van der Waals surface area contributed by atoms with Crippen LogP contribution in [0.2, 0.25) is 0 Å². The van der Waals surface area contributed by atoms with E-state index in [2.05, 4.69) is 10.2 Å². The summed E-state index contributed by atoms with van der Waals surface area (Å²) in [6.45, 7) is 0.210. The number of phenolic OH excluding ortho intramolecular Hbond substituents is 1. The Morgan fingerprint density at radius 3 is 2.20 bits per heavy atom. The lowest BCUT2D eigenvalue weighted by atomic mass is 10.1. The number of benzene rings is 1. The Labute approximate surface area is 87.1 Å². The highest BCUT2D eigenvalue weighted by atomic mass is 16.3. The average Bonchev–Trinajstić information content (AvgIpc) is 2.21. The Morgan fingerprint density at radius 2 is 1.73 bits per heavy atom. The van der Waals surface area contributed by atoms with Gasteiger partial charge in [0.1, 0.15) is 5.75 Å². The van der Waals surface area contributed by atoms with Gasteiger partial charge in [-0.15, -0.1) is 5.10 Å². The number of nitrogens with zero attached hydrogens (tertiary/aromatic N) is 2. The molecule has 7 N–H and O–H groups in total. The molecule has 0 saturated heterocycles. The molecule has 0 bridgehead atoms.